The molecule has 0 bridgehead atoms. The lowest BCUT2D eigenvalue weighted by Gasteiger charge is -2.31. The van der Waals surface area contributed by atoms with Crippen molar-refractivity contribution in [2.75, 3.05) is 13.1 Å². The van der Waals surface area contributed by atoms with Crippen LogP contribution in [-0.4, -0.2) is 35.8 Å². The normalized spacial score (nSPS) is 20.3. The van der Waals surface area contributed by atoms with Gasteiger partial charge in [-0.2, -0.15) is 11.3 Å². The van der Waals surface area contributed by atoms with Crippen molar-refractivity contribution in [3.63, 3.8) is 0 Å². The largest absolute Gasteiger partial charge is 0.353 e. The monoisotopic (exact) mass is 278 g/mol. The number of carbonyl (C=O) groups excluding carboxylic acids is 2. The minimum Gasteiger partial charge on any atom is -0.353 e. The fourth-order valence-corrected chi connectivity index (χ4v) is 3.09. The van der Waals surface area contributed by atoms with Crippen LogP contribution in [0.1, 0.15) is 36.0 Å². The molecule has 1 aromatic heterocycles. The first-order chi connectivity index (χ1) is 9.24. The number of thiophene rings is 1. The number of amides is 2. The van der Waals surface area contributed by atoms with Gasteiger partial charge in [0.15, 0.2) is 0 Å². The van der Waals surface area contributed by atoms with Gasteiger partial charge in [0.25, 0.3) is 5.91 Å². The summed E-state index contributed by atoms with van der Waals surface area (Å²) in [6.07, 6.45) is 3.82. The Morgan fingerprint density at radius 2 is 1.95 bits per heavy atom. The van der Waals surface area contributed by atoms with Gasteiger partial charge in [-0.15, -0.1) is 0 Å². The molecular weight excluding hydrogens is 260 g/mol. The number of hydrogen-bond donors (Lipinski definition) is 1. The van der Waals surface area contributed by atoms with E-state index in [0.29, 0.717) is 19.1 Å². The fourth-order valence-electron chi connectivity index (χ4n) is 2.46. The van der Waals surface area contributed by atoms with Crippen LogP contribution < -0.4 is 5.32 Å². The fraction of sp³-hybridized carbons (Fsp3) is 0.571. The Hall–Kier alpha value is -1.36. The van der Waals surface area contributed by atoms with Crippen molar-refractivity contribution >= 4 is 23.2 Å². The molecule has 102 valence electrons. The molecule has 19 heavy (non-hydrogen) atoms. The summed E-state index contributed by atoms with van der Waals surface area (Å²) >= 11 is 1.54. The highest BCUT2D eigenvalue weighted by atomic mass is 32.1. The van der Waals surface area contributed by atoms with Gasteiger partial charge in [-0.1, -0.05) is 0 Å². The molecule has 5 heteroatoms. The lowest BCUT2D eigenvalue weighted by molar-refractivity contribution is -0.126. The van der Waals surface area contributed by atoms with Crippen LogP contribution >= 0.6 is 11.3 Å². The third kappa shape index (κ3) is 2.97. The van der Waals surface area contributed by atoms with Crippen molar-refractivity contribution < 1.29 is 9.59 Å². The molecule has 0 atom stereocenters. The summed E-state index contributed by atoms with van der Waals surface area (Å²) in [6, 6.07) is 2.29. The molecular formula is C14H18N2O2S. The van der Waals surface area contributed by atoms with Gasteiger partial charge in [-0.3, -0.25) is 9.59 Å². The number of likely N-dealkylation sites (tertiary alicyclic amines) is 1. The molecule has 2 aliphatic rings. The highest BCUT2D eigenvalue weighted by Gasteiger charge is 2.31. The zero-order valence-electron chi connectivity index (χ0n) is 10.8. The van der Waals surface area contributed by atoms with Crippen LogP contribution in [-0.2, 0) is 4.79 Å². The molecule has 0 aromatic carbocycles. The molecule has 1 saturated carbocycles. The number of nitrogens with one attached hydrogen (secondary N) is 1. The van der Waals surface area contributed by atoms with Crippen molar-refractivity contribution in [1.29, 1.82) is 0 Å². The van der Waals surface area contributed by atoms with Gasteiger partial charge in [0.2, 0.25) is 5.91 Å². The quantitative estimate of drug-likeness (QED) is 0.917. The van der Waals surface area contributed by atoms with Crippen molar-refractivity contribution in [1.82, 2.24) is 10.2 Å². The van der Waals surface area contributed by atoms with Crippen LogP contribution in [0.3, 0.4) is 0 Å². The van der Waals surface area contributed by atoms with E-state index in [2.05, 4.69) is 5.32 Å². The molecule has 3 rings (SSSR count). The highest BCUT2D eigenvalue weighted by molar-refractivity contribution is 7.08. The predicted molar refractivity (Wildman–Crippen MR) is 74.1 cm³/mol. The second-order valence-electron chi connectivity index (χ2n) is 5.36. The Labute approximate surface area is 116 Å². The smallest absolute Gasteiger partial charge is 0.254 e. The Balaban J connectivity index is 1.51. The maximum absolute atomic E-state index is 12.2. The van der Waals surface area contributed by atoms with Crippen LogP contribution in [0.4, 0.5) is 0 Å². The Bertz CT molecular complexity index is 460. The van der Waals surface area contributed by atoms with E-state index < -0.39 is 0 Å². The minimum absolute atomic E-state index is 0.0899. The van der Waals surface area contributed by atoms with Crippen LogP contribution in [0.5, 0.6) is 0 Å². The van der Waals surface area contributed by atoms with E-state index in [0.717, 1.165) is 31.2 Å². The molecule has 1 N–H and O–H groups in total. The number of carbonyl (C=O) groups is 2. The number of hydrogen-bond acceptors (Lipinski definition) is 3. The number of nitrogens with zero attached hydrogens (tertiary/aromatic N) is 1. The van der Waals surface area contributed by atoms with Crippen LogP contribution in [0.15, 0.2) is 16.8 Å². The zero-order chi connectivity index (χ0) is 13.2. The molecule has 2 heterocycles. The van der Waals surface area contributed by atoms with Crippen molar-refractivity contribution in [3.05, 3.63) is 22.4 Å². The van der Waals surface area contributed by atoms with Crippen LogP contribution in [0.2, 0.25) is 0 Å². The van der Waals surface area contributed by atoms with Gasteiger partial charge in [0.05, 0.1) is 5.56 Å². The van der Waals surface area contributed by atoms with Gasteiger partial charge in [-0.25, -0.2) is 0 Å². The third-order valence-corrected chi connectivity index (χ3v) is 4.53. The number of rotatable bonds is 3. The lowest BCUT2D eigenvalue weighted by Crippen LogP contribution is -2.43. The number of piperidine rings is 1. The Morgan fingerprint density at radius 3 is 2.53 bits per heavy atom. The van der Waals surface area contributed by atoms with Crippen molar-refractivity contribution in [2.45, 2.75) is 31.7 Å². The van der Waals surface area contributed by atoms with Crippen LogP contribution in [0.25, 0.3) is 0 Å². The van der Waals surface area contributed by atoms with E-state index in [4.69, 9.17) is 0 Å². The molecule has 0 spiro atoms. The van der Waals surface area contributed by atoms with Crippen molar-refractivity contribution in [2.24, 2.45) is 5.92 Å². The molecule has 2 fully saturated rings. The molecule has 0 radical (unpaired) electrons. The summed E-state index contributed by atoms with van der Waals surface area (Å²) in [5, 5.41) is 6.86. The highest BCUT2D eigenvalue weighted by Crippen LogP contribution is 2.23. The second kappa shape index (κ2) is 5.33. The lowest BCUT2D eigenvalue weighted by atomic mass is 9.95. The topological polar surface area (TPSA) is 49.4 Å². The Morgan fingerprint density at radius 1 is 1.21 bits per heavy atom. The zero-order valence-corrected chi connectivity index (χ0v) is 11.6. The van der Waals surface area contributed by atoms with Crippen LogP contribution in [0, 0.1) is 5.92 Å². The van der Waals surface area contributed by atoms with E-state index >= 15 is 0 Å². The molecule has 1 aliphatic heterocycles. The van der Waals surface area contributed by atoms with E-state index in [-0.39, 0.29) is 17.7 Å². The van der Waals surface area contributed by atoms with E-state index in [1.165, 1.54) is 11.3 Å². The maximum Gasteiger partial charge on any atom is 0.254 e. The first-order valence-electron chi connectivity index (χ1n) is 6.86. The molecule has 0 unspecified atom stereocenters. The predicted octanol–water partition coefficient (Wildman–Crippen LogP) is 1.88. The van der Waals surface area contributed by atoms with E-state index in [9.17, 15) is 9.59 Å². The van der Waals surface area contributed by atoms with E-state index in [1.54, 1.807) is 0 Å². The molecule has 1 aromatic rings. The molecule has 4 nitrogen and oxygen atoms in total. The van der Waals surface area contributed by atoms with E-state index in [1.807, 2.05) is 21.7 Å². The van der Waals surface area contributed by atoms with Gasteiger partial charge in [0.1, 0.15) is 0 Å². The molecule has 1 aliphatic carbocycles. The molecule has 1 saturated heterocycles. The first-order valence-corrected chi connectivity index (χ1v) is 7.80. The van der Waals surface area contributed by atoms with Gasteiger partial charge in [0, 0.05) is 30.4 Å². The van der Waals surface area contributed by atoms with Gasteiger partial charge in [-0.05, 0) is 37.1 Å². The third-order valence-electron chi connectivity index (χ3n) is 3.84. The summed E-state index contributed by atoms with van der Waals surface area (Å²) in [7, 11) is 0. The van der Waals surface area contributed by atoms with Gasteiger partial charge < -0.3 is 10.2 Å². The standard InChI is InChI=1S/C14H18N2O2S/c17-13(15-12-1-2-12)10-3-6-16(7-4-10)14(18)11-5-8-19-9-11/h5,8-10,12H,1-4,6-7H2,(H,15,17). The average molecular weight is 278 g/mol. The second-order valence-corrected chi connectivity index (χ2v) is 6.14. The Kier molecular flexibility index (Phi) is 3.55. The SMILES string of the molecule is O=C(NC1CC1)C1CCN(C(=O)c2ccsc2)CC1. The minimum atomic E-state index is 0.0899. The first kappa shape index (κ1) is 12.7. The van der Waals surface area contributed by atoms with Gasteiger partial charge >= 0.3 is 0 Å². The summed E-state index contributed by atoms with van der Waals surface area (Å²) in [5.41, 5.74) is 0.769. The summed E-state index contributed by atoms with van der Waals surface area (Å²) < 4.78 is 0. The van der Waals surface area contributed by atoms with Crippen molar-refractivity contribution in [3.8, 4) is 0 Å². The molecule has 2 amide bonds. The maximum atomic E-state index is 12.2. The summed E-state index contributed by atoms with van der Waals surface area (Å²) in [5.74, 6) is 0.375. The average Bonchev–Trinajstić information content (AvgIpc) is 3.08. The summed E-state index contributed by atoms with van der Waals surface area (Å²) in [6.45, 7) is 1.38. The summed E-state index contributed by atoms with van der Waals surface area (Å²) in [4.78, 5) is 26.0.